The molecule has 2 rings (SSSR count). The molecule has 18 heavy (non-hydrogen) atoms. The zero-order valence-electron chi connectivity index (χ0n) is 9.94. The van der Waals surface area contributed by atoms with Crippen LogP contribution in [0.4, 0.5) is 4.39 Å². The molecule has 1 aliphatic rings. The van der Waals surface area contributed by atoms with Gasteiger partial charge in [0.05, 0.1) is 17.8 Å². The van der Waals surface area contributed by atoms with Crippen LogP contribution in [0.2, 0.25) is 5.02 Å². The van der Waals surface area contributed by atoms with E-state index in [1.807, 2.05) is 0 Å². The summed E-state index contributed by atoms with van der Waals surface area (Å²) in [5, 5.41) is 0.555. The van der Waals surface area contributed by atoms with Gasteiger partial charge in [0.1, 0.15) is 12.8 Å². The third kappa shape index (κ3) is 3.21. The number of hydrogen-bond acceptors (Lipinski definition) is 3. The quantitative estimate of drug-likeness (QED) is 0.794. The van der Waals surface area contributed by atoms with Gasteiger partial charge in [0.25, 0.3) is 0 Å². The highest BCUT2D eigenvalue weighted by atomic mass is 35.5. The molecule has 0 bridgehead atoms. The maximum Gasteiger partial charge on any atom is 0.338 e. The average molecular weight is 273 g/mol. The molecule has 1 aliphatic heterocycles. The van der Waals surface area contributed by atoms with Crippen molar-refractivity contribution in [3.8, 4) is 0 Å². The molecule has 5 heteroatoms. The van der Waals surface area contributed by atoms with E-state index in [0.717, 1.165) is 0 Å². The van der Waals surface area contributed by atoms with Gasteiger partial charge in [0.15, 0.2) is 0 Å². The van der Waals surface area contributed by atoms with Gasteiger partial charge in [-0.1, -0.05) is 11.6 Å². The Balaban J connectivity index is 1.84. The molecule has 3 nitrogen and oxygen atoms in total. The lowest BCUT2D eigenvalue weighted by Crippen LogP contribution is -2.19. The molecule has 1 aromatic rings. The van der Waals surface area contributed by atoms with Crippen molar-refractivity contribution in [3.63, 3.8) is 0 Å². The maximum atomic E-state index is 13.2. The normalized spacial score (nSPS) is 27.2. The fourth-order valence-corrected chi connectivity index (χ4v) is 1.96. The molecule has 1 heterocycles. The van der Waals surface area contributed by atoms with E-state index in [2.05, 4.69) is 0 Å². The van der Waals surface area contributed by atoms with Crippen LogP contribution in [0.15, 0.2) is 24.3 Å². The molecule has 1 fully saturated rings. The van der Waals surface area contributed by atoms with Crippen LogP contribution >= 0.6 is 11.6 Å². The first-order valence-corrected chi connectivity index (χ1v) is 6.16. The molecule has 0 radical (unpaired) electrons. The summed E-state index contributed by atoms with van der Waals surface area (Å²) < 4.78 is 23.6. The molecule has 0 aromatic heterocycles. The van der Waals surface area contributed by atoms with E-state index in [1.165, 1.54) is 0 Å². The van der Waals surface area contributed by atoms with E-state index >= 15 is 0 Å². The van der Waals surface area contributed by atoms with Crippen molar-refractivity contribution < 1.29 is 18.7 Å². The first-order chi connectivity index (χ1) is 8.56. The Morgan fingerprint density at radius 2 is 2.17 bits per heavy atom. The highest BCUT2D eigenvalue weighted by molar-refractivity contribution is 6.30. The van der Waals surface area contributed by atoms with Crippen LogP contribution in [0.25, 0.3) is 0 Å². The van der Waals surface area contributed by atoms with Crippen molar-refractivity contribution in [3.05, 3.63) is 34.9 Å². The van der Waals surface area contributed by atoms with Gasteiger partial charge in [0.2, 0.25) is 0 Å². The Hall–Kier alpha value is -1.13. The van der Waals surface area contributed by atoms with Crippen molar-refractivity contribution in [2.24, 2.45) is 0 Å². The zero-order chi connectivity index (χ0) is 13.1. The summed E-state index contributed by atoms with van der Waals surface area (Å²) in [4.78, 5) is 11.7. The Morgan fingerprint density at radius 3 is 2.72 bits per heavy atom. The summed E-state index contributed by atoms with van der Waals surface area (Å²) in [6.45, 7) is 1.75. The van der Waals surface area contributed by atoms with Gasteiger partial charge in [0, 0.05) is 11.4 Å². The number of rotatable bonds is 3. The van der Waals surface area contributed by atoms with Crippen molar-refractivity contribution in [2.45, 2.75) is 31.7 Å². The van der Waals surface area contributed by atoms with Crippen molar-refractivity contribution >= 4 is 17.6 Å². The Kier molecular flexibility index (Phi) is 4.19. The fraction of sp³-hybridized carbons (Fsp3) is 0.462. The molecule has 0 amide bonds. The van der Waals surface area contributed by atoms with E-state index in [0.29, 0.717) is 10.6 Å². The monoisotopic (exact) mass is 272 g/mol. The summed E-state index contributed by atoms with van der Waals surface area (Å²) in [6, 6.07) is 6.40. The number of alkyl halides is 1. The standard InChI is InChI=1S/C13H14ClFO3/c1-8-12(15)6-11(18-8)7-17-13(16)9-2-4-10(14)5-3-9/h2-5,8,11-12H,6-7H2,1H3. The van der Waals surface area contributed by atoms with E-state index in [-0.39, 0.29) is 19.1 Å². The minimum atomic E-state index is -0.982. The third-order valence-electron chi connectivity index (χ3n) is 2.88. The molecule has 3 unspecified atom stereocenters. The maximum absolute atomic E-state index is 13.2. The van der Waals surface area contributed by atoms with Gasteiger partial charge in [-0.25, -0.2) is 9.18 Å². The van der Waals surface area contributed by atoms with Gasteiger partial charge >= 0.3 is 5.97 Å². The number of halogens is 2. The molecule has 0 saturated carbocycles. The predicted octanol–water partition coefficient (Wildman–Crippen LogP) is 3.01. The second kappa shape index (κ2) is 5.67. The first-order valence-electron chi connectivity index (χ1n) is 5.78. The highest BCUT2D eigenvalue weighted by Crippen LogP contribution is 2.23. The van der Waals surface area contributed by atoms with Crippen molar-refractivity contribution in [1.82, 2.24) is 0 Å². The second-order valence-electron chi connectivity index (χ2n) is 4.32. The van der Waals surface area contributed by atoms with Gasteiger partial charge in [-0.2, -0.15) is 0 Å². The molecule has 0 spiro atoms. The Morgan fingerprint density at radius 1 is 1.50 bits per heavy atom. The summed E-state index contributed by atoms with van der Waals surface area (Å²) >= 11 is 5.72. The van der Waals surface area contributed by atoms with E-state index < -0.39 is 18.2 Å². The number of carbonyl (C=O) groups excluding carboxylic acids is 1. The summed E-state index contributed by atoms with van der Waals surface area (Å²) in [7, 11) is 0. The van der Waals surface area contributed by atoms with Crippen LogP contribution in [0, 0.1) is 0 Å². The SMILES string of the molecule is CC1OC(COC(=O)c2ccc(Cl)cc2)CC1F. The number of esters is 1. The number of hydrogen-bond donors (Lipinski definition) is 0. The lowest BCUT2D eigenvalue weighted by molar-refractivity contribution is -0.00708. The molecule has 3 atom stereocenters. The summed E-state index contributed by atoms with van der Waals surface area (Å²) in [5.41, 5.74) is 0.419. The third-order valence-corrected chi connectivity index (χ3v) is 3.14. The highest BCUT2D eigenvalue weighted by Gasteiger charge is 2.32. The number of ether oxygens (including phenoxy) is 2. The van der Waals surface area contributed by atoms with Crippen LogP contribution in [-0.4, -0.2) is 31.0 Å². The lowest BCUT2D eigenvalue weighted by atomic mass is 10.2. The average Bonchev–Trinajstić information content (AvgIpc) is 2.67. The van der Waals surface area contributed by atoms with Crippen LogP contribution in [0.1, 0.15) is 23.7 Å². The molecular formula is C13H14ClFO3. The van der Waals surface area contributed by atoms with Crippen molar-refractivity contribution in [2.75, 3.05) is 6.61 Å². The number of carbonyl (C=O) groups is 1. The zero-order valence-corrected chi connectivity index (χ0v) is 10.7. The molecule has 1 aromatic carbocycles. The summed E-state index contributed by atoms with van der Waals surface area (Å²) in [6.07, 6.45) is -1.49. The van der Waals surface area contributed by atoms with Crippen LogP contribution in [-0.2, 0) is 9.47 Å². The minimum absolute atomic E-state index is 0.0756. The van der Waals surface area contributed by atoms with Gasteiger partial charge in [-0.3, -0.25) is 0 Å². The molecule has 0 aliphatic carbocycles. The van der Waals surface area contributed by atoms with Gasteiger partial charge < -0.3 is 9.47 Å². The largest absolute Gasteiger partial charge is 0.459 e. The first kappa shape index (κ1) is 13.3. The van der Waals surface area contributed by atoms with Gasteiger partial charge in [-0.05, 0) is 31.2 Å². The Labute approximate surface area is 110 Å². The van der Waals surface area contributed by atoms with Gasteiger partial charge in [-0.15, -0.1) is 0 Å². The fourth-order valence-electron chi connectivity index (χ4n) is 1.83. The smallest absolute Gasteiger partial charge is 0.338 e. The predicted molar refractivity (Wildman–Crippen MR) is 65.6 cm³/mol. The lowest BCUT2D eigenvalue weighted by Gasteiger charge is -2.11. The van der Waals surface area contributed by atoms with E-state index in [1.54, 1.807) is 31.2 Å². The molecule has 0 N–H and O–H groups in total. The minimum Gasteiger partial charge on any atom is -0.459 e. The molecular weight excluding hydrogens is 259 g/mol. The van der Waals surface area contributed by atoms with E-state index in [9.17, 15) is 9.18 Å². The van der Waals surface area contributed by atoms with E-state index in [4.69, 9.17) is 21.1 Å². The van der Waals surface area contributed by atoms with Crippen LogP contribution < -0.4 is 0 Å². The second-order valence-corrected chi connectivity index (χ2v) is 4.76. The van der Waals surface area contributed by atoms with Crippen LogP contribution in [0.3, 0.4) is 0 Å². The Bertz CT molecular complexity index is 411. The molecule has 98 valence electrons. The topological polar surface area (TPSA) is 35.5 Å². The number of benzene rings is 1. The van der Waals surface area contributed by atoms with Crippen LogP contribution in [0.5, 0.6) is 0 Å². The molecule has 1 saturated heterocycles. The van der Waals surface area contributed by atoms with Crippen molar-refractivity contribution in [1.29, 1.82) is 0 Å². The summed E-state index contributed by atoms with van der Waals surface area (Å²) in [5.74, 6) is -0.453.